The van der Waals surface area contributed by atoms with Gasteiger partial charge in [0.05, 0.1) is 5.56 Å². The van der Waals surface area contributed by atoms with Crippen LogP contribution in [0.25, 0.3) is 0 Å². The standard InChI is InChI=1S/C14H20F3N3O2/c1-13(2,3)22-12(21)20-8-10(18)6-9-7-19-5-4-11(9)14(15,16)17/h4-5,7,10H,6,8,18H2,1-3H3,(H,20,21). The van der Waals surface area contributed by atoms with Crippen molar-refractivity contribution in [2.24, 2.45) is 5.73 Å². The SMILES string of the molecule is CC(C)(C)OC(=O)NCC(N)Cc1cnccc1C(F)(F)F. The van der Waals surface area contributed by atoms with Gasteiger partial charge in [-0.2, -0.15) is 13.2 Å². The van der Waals surface area contributed by atoms with E-state index < -0.39 is 29.5 Å². The summed E-state index contributed by atoms with van der Waals surface area (Å²) >= 11 is 0. The number of halogens is 3. The minimum atomic E-state index is -4.46. The summed E-state index contributed by atoms with van der Waals surface area (Å²) in [4.78, 5) is 15.1. The summed E-state index contributed by atoms with van der Waals surface area (Å²) < 4.78 is 43.5. The van der Waals surface area contributed by atoms with Crippen LogP contribution in [-0.4, -0.2) is 29.3 Å². The highest BCUT2D eigenvalue weighted by molar-refractivity contribution is 5.67. The Hall–Kier alpha value is -1.83. The van der Waals surface area contributed by atoms with Crippen molar-refractivity contribution in [2.75, 3.05) is 6.54 Å². The van der Waals surface area contributed by atoms with Gasteiger partial charge in [0.2, 0.25) is 0 Å². The zero-order valence-corrected chi connectivity index (χ0v) is 12.7. The van der Waals surface area contributed by atoms with E-state index >= 15 is 0 Å². The molecule has 124 valence electrons. The van der Waals surface area contributed by atoms with Crippen molar-refractivity contribution in [3.63, 3.8) is 0 Å². The summed E-state index contributed by atoms with van der Waals surface area (Å²) in [6.45, 7) is 5.12. The number of hydrogen-bond donors (Lipinski definition) is 2. The van der Waals surface area contributed by atoms with E-state index in [9.17, 15) is 18.0 Å². The average molecular weight is 319 g/mol. The van der Waals surface area contributed by atoms with E-state index in [0.29, 0.717) is 0 Å². The topological polar surface area (TPSA) is 77.2 Å². The first kappa shape index (κ1) is 18.2. The van der Waals surface area contributed by atoms with Crippen molar-refractivity contribution in [3.05, 3.63) is 29.6 Å². The highest BCUT2D eigenvalue weighted by atomic mass is 19.4. The number of alkyl carbamates (subject to hydrolysis) is 1. The minimum absolute atomic E-state index is 0.00110. The summed E-state index contributed by atoms with van der Waals surface area (Å²) in [6.07, 6.45) is -2.97. The van der Waals surface area contributed by atoms with Crippen LogP contribution < -0.4 is 11.1 Å². The Bertz CT molecular complexity index is 513. The third-order valence-electron chi connectivity index (χ3n) is 2.60. The van der Waals surface area contributed by atoms with Gasteiger partial charge in [0.15, 0.2) is 0 Å². The van der Waals surface area contributed by atoms with Crippen molar-refractivity contribution in [2.45, 2.75) is 45.0 Å². The average Bonchev–Trinajstić information content (AvgIpc) is 2.34. The number of rotatable bonds is 4. The van der Waals surface area contributed by atoms with Crippen LogP contribution in [0.2, 0.25) is 0 Å². The number of hydrogen-bond acceptors (Lipinski definition) is 4. The van der Waals surface area contributed by atoms with Gasteiger partial charge in [-0.25, -0.2) is 4.79 Å². The third kappa shape index (κ3) is 6.30. The van der Waals surface area contributed by atoms with Crippen molar-refractivity contribution >= 4 is 6.09 Å². The first-order valence-corrected chi connectivity index (χ1v) is 6.71. The van der Waals surface area contributed by atoms with Crippen LogP contribution in [0.4, 0.5) is 18.0 Å². The second kappa shape index (κ2) is 6.95. The molecule has 3 N–H and O–H groups in total. The lowest BCUT2D eigenvalue weighted by Gasteiger charge is -2.21. The summed E-state index contributed by atoms with van der Waals surface area (Å²) in [5.41, 5.74) is 4.34. The Balaban J connectivity index is 2.60. The molecule has 1 unspecified atom stereocenters. The number of ether oxygens (including phenoxy) is 1. The molecule has 1 aromatic rings. The number of nitrogens with two attached hydrogens (primary N) is 1. The minimum Gasteiger partial charge on any atom is -0.444 e. The van der Waals surface area contributed by atoms with Crippen LogP contribution >= 0.6 is 0 Å². The molecule has 0 saturated heterocycles. The van der Waals surface area contributed by atoms with Gasteiger partial charge in [0, 0.05) is 25.0 Å². The molecule has 0 aliphatic rings. The van der Waals surface area contributed by atoms with E-state index in [1.807, 2.05) is 0 Å². The van der Waals surface area contributed by atoms with Crippen molar-refractivity contribution in [1.82, 2.24) is 10.3 Å². The quantitative estimate of drug-likeness (QED) is 0.894. The molecule has 0 aliphatic carbocycles. The Morgan fingerprint density at radius 1 is 1.41 bits per heavy atom. The maximum Gasteiger partial charge on any atom is 0.416 e. The molecule has 0 aromatic carbocycles. The maximum atomic E-state index is 12.8. The molecule has 1 aromatic heterocycles. The fourth-order valence-electron chi connectivity index (χ4n) is 1.75. The van der Waals surface area contributed by atoms with Crippen molar-refractivity contribution in [1.29, 1.82) is 0 Å². The molecule has 0 radical (unpaired) electrons. The fourth-order valence-corrected chi connectivity index (χ4v) is 1.75. The van der Waals surface area contributed by atoms with Gasteiger partial charge in [0.1, 0.15) is 5.60 Å². The van der Waals surface area contributed by atoms with Crippen molar-refractivity contribution in [3.8, 4) is 0 Å². The van der Waals surface area contributed by atoms with Crippen LogP contribution in [0, 0.1) is 0 Å². The second-order valence-corrected chi connectivity index (χ2v) is 5.88. The van der Waals surface area contributed by atoms with Crippen LogP contribution in [0.5, 0.6) is 0 Å². The van der Waals surface area contributed by atoms with Gasteiger partial charge < -0.3 is 15.8 Å². The van der Waals surface area contributed by atoms with E-state index in [4.69, 9.17) is 10.5 Å². The number of pyridine rings is 1. The number of carbonyl (C=O) groups excluding carboxylic acids is 1. The first-order valence-electron chi connectivity index (χ1n) is 6.71. The van der Waals surface area contributed by atoms with Crippen LogP contribution in [0.3, 0.4) is 0 Å². The highest BCUT2D eigenvalue weighted by Gasteiger charge is 2.33. The molecule has 0 bridgehead atoms. The normalized spacial score (nSPS) is 13.6. The molecular formula is C14H20F3N3O2. The summed E-state index contributed by atoms with van der Waals surface area (Å²) in [7, 11) is 0. The molecule has 1 heterocycles. The van der Waals surface area contributed by atoms with Gasteiger partial charge in [-0.3, -0.25) is 4.98 Å². The van der Waals surface area contributed by atoms with E-state index in [0.717, 1.165) is 18.5 Å². The Kier molecular flexibility index (Phi) is 5.76. The third-order valence-corrected chi connectivity index (χ3v) is 2.60. The van der Waals surface area contributed by atoms with Gasteiger partial charge in [0.25, 0.3) is 0 Å². The number of amides is 1. The Morgan fingerprint density at radius 2 is 2.05 bits per heavy atom. The van der Waals surface area contributed by atoms with E-state index in [2.05, 4.69) is 10.3 Å². The second-order valence-electron chi connectivity index (χ2n) is 5.88. The molecule has 0 aliphatic heterocycles. The zero-order valence-electron chi connectivity index (χ0n) is 12.7. The number of nitrogens with zero attached hydrogens (tertiary/aromatic N) is 1. The van der Waals surface area contributed by atoms with Gasteiger partial charge in [-0.1, -0.05) is 0 Å². The lowest BCUT2D eigenvalue weighted by molar-refractivity contribution is -0.138. The van der Waals surface area contributed by atoms with Gasteiger partial charge >= 0.3 is 12.3 Å². The summed E-state index contributed by atoms with van der Waals surface area (Å²) in [5, 5.41) is 2.43. The smallest absolute Gasteiger partial charge is 0.416 e. The van der Waals surface area contributed by atoms with Crippen molar-refractivity contribution < 1.29 is 22.7 Å². The van der Waals surface area contributed by atoms with E-state index in [1.54, 1.807) is 20.8 Å². The molecule has 0 fully saturated rings. The predicted molar refractivity (Wildman–Crippen MR) is 75.2 cm³/mol. The van der Waals surface area contributed by atoms with Gasteiger partial charge in [-0.05, 0) is 38.8 Å². The predicted octanol–water partition coefficient (Wildman–Crippen LogP) is 2.49. The molecule has 8 heteroatoms. The van der Waals surface area contributed by atoms with Crippen LogP contribution in [-0.2, 0) is 17.3 Å². The maximum absolute atomic E-state index is 12.8. The number of carbonyl (C=O) groups is 1. The van der Waals surface area contributed by atoms with Crippen LogP contribution in [0.1, 0.15) is 31.9 Å². The zero-order chi connectivity index (χ0) is 17.0. The van der Waals surface area contributed by atoms with E-state index in [1.165, 1.54) is 0 Å². The lowest BCUT2D eigenvalue weighted by Crippen LogP contribution is -2.41. The Labute approximate surface area is 127 Å². The molecule has 1 amide bonds. The largest absolute Gasteiger partial charge is 0.444 e. The number of nitrogens with one attached hydrogen (secondary N) is 1. The molecule has 22 heavy (non-hydrogen) atoms. The summed E-state index contributed by atoms with van der Waals surface area (Å²) in [6, 6.07) is 0.224. The molecule has 0 saturated carbocycles. The molecule has 1 atom stereocenters. The molecule has 5 nitrogen and oxygen atoms in total. The fraction of sp³-hybridized carbons (Fsp3) is 0.571. The van der Waals surface area contributed by atoms with Crippen LogP contribution in [0.15, 0.2) is 18.5 Å². The monoisotopic (exact) mass is 319 g/mol. The summed E-state index contributed by atoms with van der Waals surface area (Å²) in [5.74, 6) is 0. The Morgan fingerprint density at radius 3 is 2.59 bits per heavy atom. The number of alkyl halides is 3. The first-order chi connectivity index (χ1) is 9.99. The van der Waals surface area contributed by atoms with E-state index in [-0.39, 0.29) is 18.5 Å². The lowest BCUT2D eigenvalue weighted by atomic mass is 10.0. The molecule has 1 rings (SSSR count). The highest BCUT2D eigenvalue weighted by Crippen LogP contribution is 2.31. The van der Waals surface area contributed by atoms with Gasteiger partial charge in [-0.15, -0.1) is 0 Å². The number of aromatic nitrogens is 1. The molecule has 0 spiro atoms. The molecular weight excluding hydrogens is 299 g/mol.